The number of benzene rings is 2. The molecule has 4 heterocycles. The summed E-state index contributed by atoms with van der Waals surface area (Å²) in [5.41, 5.74) is 0.834. The molecular formula is C36H35F2N5O6. The van der Waals surface area contributed by atoms with E-state index >= 15 is 0 Å². The molecule has 1 saturated heterocycles. The maximum absolute atomic E-state index is 14.9. The summed E-state index contributed by atoms with van der Waals surface area (Å²) in [6.45, 7) is 5.61. The van der Waals surface area contributed by atoms with E-state index in [1.807, 2.05) is 6.07 Å². The van der Waals surface area contributed by atoms with Gasteiger partial charge in [-0.15, -0.1) is 0 Å². The number of nitrogens with one attached hydrogen (secondary N) is 1. The van der Waals surface area contributed by atoms with Crippen molar-refractivity contribution in [1.82, 2.24) is 19.4 Å². The average Bonchev–Trinajstić information content (AvgIpc) is 3.59. The summed E-state index contributed by atoms with van der Waals surface area (Å²) in [7, 11) is 3.08. The van der Waals surface area contributed by atoms with Crippen LogP contribution in [0.2, 0.25) is 0 Å². The molecule has 6 rings (SSSR count). The number of hydrogen-bond acceptors (Lipinski definition) is 9. The van der Waals surface area contributed by atoms with Crippen molar-refractivity contribution in [3.05, 3.63) is 89.8 Å². The van der Waals surface area contributed by atoms with Gasteiger partial charge in [0.2, 0.25) is 11.8 Å². The second-order valence-electron chi connectivity index (χ2n) is 12.6. The van der Waals surface area contributed by atoms with Crippen molar-refractivity contribution >= 4 is 34.4 Å². The first-order chi connectivity index (χ1) is 23.4. The van der Waals surface area contributed by atoms with Crippen LogP contribution in [0.15, 0.2) is 67.0 Å². The number of hydrogen-bond donors (Lipinski definition) is 2. The van der Waals surface area contributed by atoms with Crippen molar-refractivity contribution in [2.24, 2.45) is 0 Å². The summed E-state index contributed by atoms with van der Waals surface area (Å²) in [6.07, 6.45) is 2.84. The van der Waals surface area contributed by atoms with Crippen LogP contribution < -0.4 is 14.8 Å². The summed E-state index contributed by atoms with van der Waals surface area (Å²) in [6, 6.07) is 13.7. The molecule has 2 N–H and O–H groups in total. The summed E-state index contributed by atoms with van der Waals surface area (Å²) >= 11 is 0. The third-order valence-corrected chi connectivity index (χ3v) is 8.15. The van der Waals surface area contributed by atoms with Crippen LogP contribution in [-0.2, 0) is 16.1 Å². The molecule has 0 spiro atoms. The molecule has 3 aromatic heterocycles. The number of anilines is 2. The minimum Gasteiger partial charge on any atom is -0.497 e. The monoisotopic (exact) mass is 671 g/mol. The van der Waals surface area contributed by atoms with E-state index in [0.717, 1.165) is 22.6 Å². The summed E-state index contributed by atoms with van der Waals surface area (Å²) in [5, 5.41) is 14.9. The Kier molecular flexibility index (Phi) is 8.84. The van der Waals surface area contributed by atoms with Gasteiger partial charge < -0.3 is 29.2 Å². The highest BCUT2D eigenvalue weighted by molar-refractivity contribution is 6.00. The molecule has 1 aliphatic rings. The van der Waals surface area contributed by atoms with Crippen LogP contribution in [0.25, 0.3) is 22.2 Å². The number of aromatic hydroxyl groups is 1. The molecule has 254 valence electrons. The number of ether oxygens (including phenoxy) is 3. The Labute approximate surface area is 281 Å². The number of amides is 2. The third kappa shape index (κ3) is 6.69. The Morgan fingerprint density at radius 1 is 1.06 bits per heavy atom. The molecule has 49 heavy (non-hydrogen) atoms. The van der Waals surface area contributed by atoms with Gasteiger partial charge in [-0.2, -0.15) is 0 Å². The van der Waals surface area contributed by atoms with E-state index in [4.69, 9.17) is 14.2 Å². The fraction of sp³-hybridized carbons (Fsp3) is 0.278. The van der Waals surface area contributed by atoms with E-state index in [0.29, 0.717) is 29.3 Å². The molecule has 0 saturated carbocycles. The zero-order valence-corrected chi connectivity index (χ0v) is 27.6. The van der Waals surface area contributed by atoms with E-state index in [2.05, 4.69) is 15.3 Å². The average molecular weight is 672 g/mol. The predicted molar refractivity (Wildman–Crippen MR) is 178 cm³/mol. The number of rotatable bonds is 8. The van der Waals surface area contributed by atoms with Gasteiger partial charge >= 0.3 is 6.09 Å². The number of fused-ring (bicyclic) bond motifs is 1. The fourth-order valence-corrected chi connectivity index (χ4v) is 5.81. The van der Waals surface area contributed by atoms with Gasteiger partial charge in [-0.1, -0.05) is 12.1 Å². The van der Waals surface area contributed by atoms with Crippen LogP contribution in [0, 0.1) is 11.6 Å². The van der Waals surface area contributed by atoms with Gasteiger partial charge in [0.25, 0.3) is 0 Å². The van der Waals surface area contributed by atoms with Gasteiger partial charge in [0.1, 0.15) is 34.6 Å². The van der Waals surface area contributed by atoms with Gasteiger partial charge in [-0.05, 0) is 69.2 Å². The van der Waals surface area contributed by atoms with Crippen molar-refractivity contribution in [2.45, 2.75) is 45.3 Å². The molecular weight excluding hydrogens is 636 g/mol. The minimum atomic E-state index is -0.798. The molecule has 11 nitrogen and oxygen atoms in total. The molecule has 0 bridgehead atoms. The van der Waals surface area contributed by atoms with E-state index in [-0.39, 0.29) is 52.7 Å². The fourth-order valence-electron chi connectivity index (χ4n) is 5.81. The maximum atomic E-state index is 14.9. The van der Waals surface area contributed by atoms with Crippen molar-refractivity contribution in [3.63, 3.8) is 0 Å². The van der Waals surface area contributed by atoms with Crippen molar-refractivity contribution in [1.29, 1.82) is 0 Å². The number of likely N-dealkylation sites (tertiary alicyclic amines) is 1. The molecule has 0 radical (unpaired) electrons. The first-order valence-corrected chi connectivity index (χ1v) is 15.5. The first kappa shape index (κ1) is 33.2. The number of imide groups is 1. The Morgan fingerprint density at radius 3 is 2.47 bits per heavy atom. The van der Waals surface area contributed by atoms with Crippen LogP contribution in [0.5, 0.6) is 17.4 Å². The van der Waals surface area contributed by atoms with E-state index < -0.39 is 29.2 Å². The second-order valence-corrected chi connectivity index (χ2v) is 12.6. The van der Waals surface area contributed by atoms with Gasteiger partial charge in [0.05, 0.1) is 54.5 Å². The van der Waals surface area contributed by atoms with Gasteiger partial charge in [-0.25, -0.2) is 28.4 Å². The highest BCUT2D eigenvalue weighted by Crippen LogP contribution is 2.39. The summed E-state index contributed by atoms with van der Waals surface area (Å²) in [4.78, 5) is 35.8. The summed E-state index contributed by atoms with van der Waals surface area (Å²) in [5.74, 6) is -1.23. The standard InChI is InChI=1S/C36H35F2N5O6/c1-36(2,3)49-35(46)43-14-13-23(33(43)44)20-10-12-30(39-17-20)41-27-16-26(31-24(37)7-6-8-25(31)38)40-28-19-42(34(45)32(27)28)18-21-9-11-22(47-4)15-29(21)48-5/h6-12,15-17,19,23,45H,13-14,18H2,1-5H3,(H,39,41). The zero-order chi connectivity index (χ0) is 35.0. The van der Waals surface area contributed by atoms with E-state index in [1.54, 1.807) is 62.9 Å². The van der Waals surface area contributed by atoms with Crippen LogP contribution in [0.1, 0.15) is 44.2 Å². The molecule has 1 atom stereocenters. The lowest BCUT2D eigenvalue weighted by Gasteiger charge is -2.23. The molecule has 5 aromatic rings. The minimum absolute atomic E-state index is 0.000171. The van der Waals surface area contributed by atoms with Crippen molar-refractivity contribution < 1.29 is 37.7 Å². The lowest BCUT2D eigenvalue weighted by molar-refractivity contribution is -0.128. The lowest BCUT2D eigenvalue weighted by Crippen LogP contribution is -2.38. The number of aromatic nitrogens is 3. The van der Waals surface area contributed by atoms with Crippen LogP contribution in [0.4, 0.5) is 25.1 Å². The topological polar surface area (TPSA) is 128 Å². The quantitative estimate of drug-likeness (QED) is 0.177. The highest BCUT2D eigenvalue weighted by Gasteiger charge is 2.38. The summed E-state index contributed by atoms with van der Waals surface area (Å²) < 4.78 is 47.6. The number of nitrogens with zero attached hydrogens (tertiary/aromatic N) is 4. The van der Waals surface area contributed by atoms with Gasteiger partial charge in [0, 0.05) is 30.6 Å². The number of methoxy groups -OCH3 is 2. The Morgan fingerprint density at radius 2 is 1.82 bits per heavy atom. The van der Waals surface area contributed by atoms with Crippen LogP contribution >= 0.6 is 0 Å². The van der Waals surface area contributed by atoms with Gasteiger partial charge in [0.15, 0.2) is 0 Å². The number of carbonyl (C=O) groups is 2. The van der Waals surface area contributed by atoms with Crippen molar-refractivity contribution in [3.8, 4) is 28.6 Å². The SMILES string of the molecule is COc1ccc(Cn2cc3nc(-c4c(F)cccc4F)cc(Nc4ccc(C5CCN(C(=O)OC(C)(C)C)C5=O)cn4)c3c2O)c(OC)c1. The van der Waals surface area contributed by atoms with Crippen LogP contribution in [-0.4, -0.2) is 62.9 Å². The number of carbonyl (C=O) groups excluding carboxylic acids is 2. The molecule has 1 unspecified atom stereocenters. The van der Waals surface area contributed by atoms with Crippen LogP contribution in [0.3, 0.4) is 0 Å². The Hall–Kier alpha value is -5.72. The third-order valence-electron chi connectivity index (χ3n) is 8.15. The maximum Gasteiger partial charge on any atom is 0.417 e. The predicted octanol–water partition coefficient (Wildman–Crippen LogP) is 7.14. The van der Waals surface area contributed by atoms with Crippen molar-refractivity contribution in [2.75, 3.05) is 26.1 Å². The zero-order valence-electron chi connectivity index (χ0n) is 27.6. The normalized spacial score (nSPS) is 14.7. The molecule has 13 heteroatoms. The highest BCUT2D eigenvalue weighted by atomic mass is 19.1. The number of pyridine rings is 2. The second kappa shape index (κ2) is 13.1. The van der Waals surface area contributed by atoms with E-state index in [9.17, 15) is 23.5 Å². The van der Waals surface area contributed by atoms with Gasteiger partial charge in [-0.3, -0.25) is 4.79 Å². The Bertz CT molecular complexity index is 2040. The molecule has 1 aliphatic heterocycles. The molecule has 0 aliphatic carbocycles. The largest absolute Gasteiger partial charge is 0.497 e. The molecule has 2 aromatic carbocycles. The molecule has 1 fully saturated rings. The smallest absolute Gasteiger partial charge is 0.417 e. The molecule has 2 amide bonds. The van der Waals surface area contributed by atoms with E-state index in [1.165, 1.54) is 25.4 Å². The first-order valence-electron chi connectivity index (χ1n) is 15.5. The Balaban J connectivity index is 1.34. The number of halogens is 2. The lowest BCUT2D eigenvalue weighted by atomic mass is 10.00.